The predicted octanol–water partition coefficient (Wildman–Crippen LogP) is 4.18. The van der Waals surface area contributed by atoms with Crippen molar-refractivity contribution in [3.8, 4) is 10.6 Å². The first-order valence-electron chi connectivity index (χ1n) is 9.43. The fraction of sp³-hybridized carbons (Fsp3) is 0.273. The van der Waals surface area contributed by atoms with E-state index in [-0.39, 0.29) is 11.7 Å². The summed E-state index contributed by atoms with van der Waals surface area (Å²) in [5.74, 6) is -0.172. The van der Waals surface area contributed by atoms with Crippen molar-refractivity contribution >= 4 is 17.2 Å². The maximum atomic E-state index is 13.9. The maximum absolute atomic E-state index is 13.9. The predicted molar refractivity (Wildman–Crippen MR) is 109 cm³/mol. The molecule has 0 radical (unpaired) electrons. The number of thiazole rings is 1. The van der Waals surface area contributed by atoms with Crippen molar-refractivity contribution in [2.75, 3.05) is 19.6 Å². The molecule has 0 N–H and O–H groups in total. The molecule has 1 aliphatic rings. The summed E-state index contributed by atoms with van der Waals surface area (Å²) in [5, 5.41) is 1.02. The van der Waals surface area contributed by atoms with E-state index in [1.807, 2.05) is 24.4 Å². The lowest BCUT2D eigenvalue weighted by Gasteiger charge is -2.22. The molecule has 2 aromatic carbocycles. The molecule has 0 aliphatic carbocycles. The van der Waals surface area contributed by atoms with E-state index in [0.29, 0.717) is 31.6 Å². The molecule has 0 saturated carbocycles. The van der Waals surface area contributed by atoms with Crippen LogP contribution < -0.4 is 0 Å². The minimum Gasteiger partial charge on any atom is -0.337 e. The molecule has 4 nitrogen and oxygen atoms in total. The molecule has 3 aromatic rings. The van der Waals surface area contributed by atoms with Crippen LogP contribution in [0.15, 0.2) is 60.8 Å². The number of carbonyl (C=O) groups excluding carboxylic acids is 1. The Hall–Kier alpha value is -2.57. The van der Waals surface area contributed by atoms with Gasteiger partial charge in [0.15, 0.2) is 0 Å². The lowest BCUT2D eigenvalue weighted by Crippen LogP contribution is -2.32. The van der Waals surface area contributed by atoms with Crippen molar-refractivity contribution in [2.24, 2.45) is 0 Å². The molecule has 0 atom stereocenters. The summed E-state index contributed by atoms with van der Waals surface area (Å²) in [6.45, 7) is 3.21. The van der Waals surface area contributed by atoms with E-state index < -0.39 is 0 Å². The molecule has 1 saturated heterocycles. The Kier molecular flexibility index (Phi) is 5.78. The third-order valence-corrected chi connectivity index (χ3v) is 5.98. The number of carbonyl (C=O) groups is 1. The molecule has 2 heterocycles. The summed E-state index contributed by atoms with van der Waals surface area (Å²) in [6, 6.07) is 16.8. The van der Waals surface area contributed by atoms with E-state index in [2.05, 4.69) is 22.0 Å². The minimum absolute atomic E-state index is 0.0834. The van der Waals surface area contributed by atoms with E-state index in [1.165, 1.54) is 10.9 Å². The molecule has 6 heteroatoms. The smallest absolute Gasteiger partial charge is 0.224 e. The summed E-state index contributed by atoms with van der Waals surface area (Å²) in [4.78, 5) is 22.3. The van der Waals surface area contributed by atoms with Crippen molar-refractivity contribution in [2.45, 2.75) is 19.5 Å². The average Bonchev–Trinajstić information content (AvgIpc) is 3.12. The largest absolute Gasteiger partial charge is 0.337 e. The normalized spacial score (nSPS) is 15.6. The maximum Gasteiger partial charge on any atom is 0.224 e. The zero-order valence-corrected chi connectivity index (χ0v) is 16.4. The number of nitrogens with zero attached hydrogens (tertiary/aromatic N) is 3. The summed E-state index contributed by atoms with van der Waals surface area (Å²) >= 11 is 1.69. The first-order valence-corrected chi connectivity index (χ1v) is 10.2. The van der Waals surface area contributed by atoms with Crippen molar-refractivity contribution in [3.05, 3.63) is 77.1 Å². The van der Waals surface area contributed by atoms with E-state index in [4.69, 9.17) is 0 Å². The highest BCUT2D eigenvalue weighted by molar-refractivity contribution is 7.15. The van der Waals surface area contributed by atoms with Crippen LogP contribution in [-0.4, -0.2) is 40.3 Å². The second kappa shape index (κ2) is 8.63. The highest BCUT2D eigenvalue weighted by atomic mass is 32.1. The van der Waals surface area contributed by atoms with Crippen molar-refractivity contribution < 1.29 is 9.18 Å². The molecule has 4 rings (SSSR count). The molecule has 1 aliphatic heterocycles. The van der Waals surface area contributed by atoms with Crippen molar-refractivity contribution in [1.82, 2.24) is 14.8 Å². The Morgan fingerprint density at radius 2 is 1.75 bits per heavy atom. The first-order chi connectivity index (χ1) is 13.7. The van der Waals surface area contributed by atoms with Gasteiger partial charge in [0.25, 0.3) is 0 Å². The number of aromatic nitrogens is 1. The van der Waals surface area contributed by atoms with Gasteiger partial charge in [-0.1, -0.05) is 48.5 Å². The van der Waals surface area contributed by atoms with Gasteiger partial charge in [-0.05, 0) is 6.07 Å². The van der Waals surface area contributed by atoms with Crippen LogP contribution >= 0.6 is 11.3 Å². The molecule has 1 fully saturated rings. The summed E-state index contributed by atoms with van der Waals surface area (Å²) in [5.41, 5.74) is 1.69. The van der Waals surface area contributed by atoms with Gasteiger partial charge >= 0.3 is 0 Å². The second-order valence-electron chi connectivity index (χ2n) is 6.93. The Morgan fingerprint density at radius 3 is 2.57 bits per heavy atom. The molecule has 1 aromatic heterocycles. The van der Waals surface area contributed by atoms with E-state index in [1.54, 1.807) is 34.4 Å². The summed E-state index contributed by atoms with van der Waals surface area (Å²) in [6.07, 6.45) is 2.38. The monoisotopic (exact) mass is 395 g/mol. The van der Waals surface area contributed by atoms with Gasteiger partial charge in [0.1, 0.15) is 10.8 Å². The van der Waals surface area contributed by atoms with Crippen LogP contribution in [0.1, 0.15) is 16.9 Å². The van der Waals surface area contributed by atoms with Crippen LogP contribution in [0.3, 0.4) is 0 Å². The van der Waals surface area contributed by atoms with E-state index in [0.717, 1.165) is 23.7 Å². The third-order valence-electron chi connectivity index (χ3n) is 4.95. The number of rotatable bonds is 5. The third kappa shape index (κ3) is 4.46. The molecular weight excluding hydrogens is 373 g/mol. The highest BCUT2D eigenvalue weighted by Gasteiger charge is 2.22. The lowest BCUT2D eigenvalue weighted by atomic mass is 10.2. The standard InChI is InChI=1S/C22H22FN3OS/c23-20-9-5-4-8-18(20)15-26-13-12-25(11-10-21(26)27)16-19-14-24-22(28-19)17-6-2-1-3-7-17/h1-9,14H,10-13,15-16H2. The van der Waals surface area contributed by atoms with Crippen LogP contribution in [0.4, 0.5) is 4.39 Å². The van der Waals surface area contributed by atoms with Gasteiger partial charge < -0.3 is 4.90 Å². The molecule has 144 valence electrons. The van der Waals surface area contributed by atoms with Gasteiger partial charge in [-0.15, -0.1) is 11.3 Å². The Balaban J connectivity index is 1.38. The Morgan fingerprint density at radius 1 is 0.964 bits per heavy atom. The summed E-state index contributed by atoms with van der Waals surface area (Å²) in [7, 11) is 0. The van der Waals surface area contributed by atoms with Crippen LogP contribution in [0, 0.1) is 5.82 Å². The van der Waals surface area contributed by atoms with E-state index >= 15 is 0 Å². The Bertz CT molecular complexity index is 944. The highest BCUT2D eigenvalue weighted by Crippen LogP contribution is 2.26. The zero-order valence-electron chi connectivity index (χ0n) is 15.6. The molecule has 0 bridgehead atoms. The Labute approximate surface area is 168 Å². The van der Waals surface area contributed by atoms with Gasteiger partial charge in [-0.2, -0.15) is 0 Å². The number of hydrogen-bond acceptors (Lipinski definition) is 4. The second-order valence-corrected chi connectivity index (χ2v) is 8.05. The van der Waals surface area contributed by atoms with Gasteiger partial charge in [0.2, 0.25) is 5.91 Å². The van der Waals surface area contributed by atoms with Crippen LogP contribution in [0.2, 0.25) is 0 Å². The van der Waals surface area contributed by atoms with Crippen molar-refractivity contribution in [3.63, 3.8) is 0 Å². The van der Waals surface area contributed by atoms with Gasteiger partial charge in [-0.3, -0.25) is 9.69 Å². The quantitative estimate of drug-likeness (QED) is 0.650. The number of hydrogen-bond donors (Lipinski definition) is 0. The number of amides is 1. The van der Waals surface area contributed by atoms with Crippen molar-refractivity contribution in [1.29, 1.82) is 0 Å². The molecule has 28 heavy (non-hydrogen) atoms. The van der Waals surface area contributed by atoms with Gasteiger partial charge in [0, 0.05) is 61.3 Å². The fourth-order valence-corrected chi connectivity index (χ4v) is 4.34. The van der Waals surface area contributed by atoms with E-state index in [9.17, 15) is 9.18 Å². The molecule has 0 unspecified atom stereocenters. The topological polar surface area (TPSA) is 36.4 Å². The zero-order chi connectivity index (χ0) is 19.3. The molecular formula is C22H22FN3OS. The first kappa shape index (κ1) is 18.8. The molecule has 1 amide bonds. The number of benzene rings is 2. The molecule has 0 spiro atoms. The van der Waals surface area contributed by atoms with Gasteiger partial charge in [0.05, 0.1) is 0 Å². The number of halogens is 1. The van der Waals surface area contributed by atoms with Crippen LogP contribution in [0.25, 0.3) is 10.6 Å². The minimum atomic E-state index is -0.255. The van der Waals surface area contributed by atoms with Crippen LogP contribution in [-0.2, 0) is 17.9 Å². The fourth-order valence-electron chi connectivity index (χ4n) is 3.38. The van der Waals surface area contributed by atoms with Gasteiger partial charge in [-0.25, -0.2) is 9.37 Å². The van der Waals surface area contributed by atoms with Crippen LogP contribution in [0.5, 0.6) is 0 Å². The summed E-state index contributed by atoms with van der Waals surface area (Å²) < 4.78 is 13.9. The lowest BCUT2D eigenvalue weighted by molar-refractivity contribution is -0.131. The average molecular weight is 396 g/mol. The SMILES string of the molecule is O=C1CCN(Cc2cnc(-c3ccccc3)s2)CCN1Cc1ccccc1F.